The molecule has 0 fully saturated rings. The second kappa shape index (κ2) is 11.7. The standard InChI is InChI=1S/C7H16.C2H5N3O2/c1-3-5-7-6-4-2;3-1(6)5-2(4)7/h3-7H2,1-2H3;(H5,3,4,5,6,7). The van der Waals surface area contributed by atoms with E-state index in [-0.39, 0.29) is 0 Å². The van der Waals surface area contributed by atoms with E-state index in [9.17, 15) is 9.59 Å². The minimum atomic E-state index is -0.938. The molecule has 4 amide bonds. The van der Waals surface area contributed by atoms with Crippen LogP contribution in [0.15, 0.2) is 0 Å². The second-order valence-corrected chi connectivity index (χ2v) is 2.91. The summed E-state index contributed by atoms with van der Waals surface area (Å²) in [6.45, 7) is 4.49. The Labute approximate surface area is 85.2 Å². The van der Waals surface area contributed by atoms with Gasteiger partial charge in [-0.1, -0.05) is 46.0 Å². The maximum Gasteiger partial charge on any atom is 0.320 e. The van der Waals surface area contributed by atoms with E-state index in [0.717, 1.165) is 0 Å². The summed E-state index contributed by atoms with van der Waals surface area (Å²) in [4.78, 5) is 19.2. The van der Waals surface area contributed by atoms with Crippen LogP contribution < -0.4 is 16.8 Å². The van der Waals surface area contributed by atoms with Crippen molar-refractivity contribution in [3.63, 3.8) is 0 Å². The third-order valence-corrected chi connectivity index (χ3v) is 1.45. The average molecular weight is 203 g/mol. The first-order chi connectivity index (χ1) is 6.54. The maximum absolute atomic E-state index is 9.62. The minimum Gasteiger partial charge on any atom is -0.351 e. The summed E-state index contributed by atoms with van der Waals surface area (Å²) in [5.74, 6) is 0. The van der Waals surface area contributed by atoms with E-state index in [0.29, 0.717) is 0 Å². The zero-order chi connectivity index (χ0) is 11.4. The molecular formula is C9H21N3O2. The van der Waals surface area contributed by atoms with E-state index in [2.05, 4.69) is 25.3 Å². The van der Waals surface area contributed by atoms with E-state index in [4.69, 9.17) is 0 Å². The SMILES string of the molecule is CCCCCCC.NC(=O)NC(N)=O. The molecule has 0 saturated heterocycles. The van der Waals surface area contributed by atoms with Gasteiger partial charge in [0.1, 0.15) is 0 Å². The van der Waals surface area contributed by atoms with Gasteiger partial charge in [0.25, 0.3) is 0 Å². The molecule has 0 aliphatic rings. The number of urea groups is 2. The summed E-state index contributed by atoms with van der Waals surface area (Å²) >= 11 is 0. The summed E-state index contributed by atoms with van der Waals surface area (Å²) in [5.41, 5.74) is 8.88. The highest BCUT2D eigenvalue weighted by Gasteiger charge is 1.92. The molecule has 0 unspecified atom stereocenters. The highest BCUT2D eigenvalue weighted by Crippen LogP contribution is 2.00. The summed E-state index contributed by atoms with van der Waals surface area (Å²) < 4.78 is 0. The van der Waals surface area contributed by atoms with Crippen molar-refractivity contribution in [3.8, 4) is 0 Å². The number of amides is 4. The molecule has 0 radical (unpaired) electrons. The van der Waals surface area contributed by atoms with Crippen LogP contribution in [0.25, 0.3) is 0 Å². The molecule has 0 saturated carbocycles. The topological polar surface area (TPSA) is 98.2 Å². The van der Waals surface area contributed by atoms with Crippen molar-refractivity contribution in [2.75, 3.05) is 0 Å². The predicted octanol–water partition coefficient (Wildman–Crippen LogP) is 1.71. The summed E-state index contributed by atoms with van der Waals surface area (Å²) in [7, 11) is 0. The molecule has 0 aliphatic carbocycles. The number of nitrogens with two attached hydrogens (primary N) is 2. The molecule has 14 heavy (non-hydrogen) atoms. The number of unbranched alkanes of at least 4 members (excludes halogenated alkanes) is 4. The van der Waals surface area contributed by atoms with Crippen molar-refractivity contribution in [1.29, 1.82) is 0 Å². The number of imide groups is 1. The normalized spacial score (nSPS) is 8.43. The molecule has 5 heteroatoms. The quantitative estimate of drug-likeness (QED) is 0.606. The highest BCUT2D eigenvalue weighted by molar-refractivity contribution is 5.91. The van der Waals surface area contributed by atoms with Crippen LogP contribution in [0, 0.1) is 0 Å². The summed E-state index contributed by atoms with van der Waals surface area (Å²) in [6, 6.07) is -1.88. The second-order valence-electron chi connectivity index (χ2n) is 2.91. The van der Waals surface area contributed by atoms with Gasteiger partial charge in [-0.2, -0.15) is 0 Å². The van der Waals surface area contributed by atoms with Gasteiger partial charge < -0.3 is 11.5 Å². The monoisotopic (exact) mass is 203 g/mol. The Morgan fingerprint density at radius 1 is 0.929 bits per heavy atom. The van der Waals surface area contributed by atoms with E-state index >= 15 is 0 Å². The highest BCUT2D eigenvalue weighted by atomic mass is 16.2. The molecule has 0 aliphatic heterocycles. The summed E-state index contributed by atoms with van der Waals surface area (Å²) in [5, 5.41) is 1.58. The van der Waals surface area contributed by atoms with E-state index < -0.39 is 12.1 Å². The summed E-state index contributed by atoms with van der Waals surface area (Å²) in [6.07, 6.45) is 7.01. The fourth-order valence-electron chi connectivity index (χ4n) is 0.798. The maximum atomic E-state index is 9.62. The van der Waals surface area contributed by atoms with Crippen molar-refractivity contribution in [3.05, 3.63) is 0 Å². The molecule has 5 nitrogen and oxygen atoms in total. The van der Waals surface area contributed by atoms with Crippen molar-refractivity contribution in [2.24, 2.45) is 11.5 Å². The Morgan fingerprint density at radius 2 is 1.29 bits per heavy atom. The van der Waals surface area contributed by atoms with Crippen LogP contribution >= 0.6 is 0 Å². The van der Waals surface area contributed by atoms with E-state index in [1.807, 2.05) is 0 Å². The first-order valence-corrected chi connectivity index (χ1v) is 4.90. The smallest absolute Gasteiger partial charge is 0.320 e. The van der Waals surface area contributed by atoms with Gasteiger partial charge in [0.2, 0.25) is 0 Å². The largest absolute Gasteiger partial charge is 0.351 e. The molecule has 0 atom stereocenters. The molecule has 0 bridgehead atoms. The Balaban J connectivity index is 0. The number of nitrogens with one attached hydrogen (secondary N) is 1. The molecule has 0 aromatic carbocycles. The van der Waals surface area contributed by atoms with Gasteiger partial charge in [0, 0.05) is 0 Å². The van der Waals surface area contributed by atoms with Crippen molar-refractivity contribution >= 4 is 12.1 Å². The van der Waals surface area contributed by atoms with Gasteiger partial charge >= 0.3 is 12.1 Å². The molecule has 5 N–H and O–H groups in total. The van der Waals surface area contributed by atoms with Gasteiger partial charge in [-0.25, -0.2) is 9.59 Å². The van der Waals surface area contributed by atoms with Crippen LogP contribution in [-0.2, 0) is 0 Å². The number of primary amides is 2. The molecule has 0 heterocycles. The number of rotatable bonds is 4. The molecule has 0 spiro atoms. The first kappa shape index (κ1) is 15.2. The third kappa shape index (κ3) is 22.4. The van der Waals surface area contributed by atoms with Crippen molar-refractivity contribution in [1.82, 2.24) is 5.32 Å². The number of hydrogen-bond donors (Lipinski definition) is 3. The Hall–Kier alpha value is -1.26. The number of carbonyl (C=O) groups is 2. The van der Waals surface area contributed by atoms with Crippen LogP contribution in [0.1, 0.15) is 46.0 Å². The first-order valence-electron chi connectivity index (χ1n) is 4.90. The van der Waals surface area contributed by atoms with Gasteiger partial charge in [-0.15, -0.1) is 0 Å². The number of hydrogen-bond acceptors (Lipinski definition) is 2. The van der Waals surface area contributed by atoms with Gasteiger partial charge in [0.05, 0.1) is 0 Å². The van der Waals surface area contributed by atoms with Gasteiger partial charge in [-0.05, 0) is 0 Å². The Bertz CT molecular complexity index is 144. The van der Waals surface area contributed by atoms with Crippen LogP contribution in [-0.4, -0.2) is 12.1 Å². The molecule has 0 rings (SSSR count). The minimum absolute atomic E-state index is 0.937. The van der Waals surface area contributed by atoms with Crippen LogP contribution in [0.4, 0.5) is 9.59 Å². The van der Waals surface area contributed by atoms with Gasteiger partial charge in [0.15, 0.2) is 0 Å². The molecule has 0 aromatic heterocycles. The average Bonchev–Trinajstić information content (AvgIpc) is 2.04. The lowest BCUT2D eigenvalue weighted by molar-refractivity contribution is 0.236. The Kier molecular flexibility index (Phi) is 12.8. The van der Waals surface area contributed by atoms with E-state index in [1.54, 1.807) is 5.32 Å². The lowest BCUT2D eigenvalue weighted by Gasteiger charge is -1.90. The van der Waals surface area contributed by atoms with E-state index in [1.165, 1.54) is 32.1 Å². The van der Waals surface area contributed by atoms with Crippen molar-refractivity contribution in [2.45, 2.75) is 46.0 Å². The molecular weight excluding hydrogens is 182 g/mol. The predicted molar refractivity (Wildman–Crippen MR) is 56.7 cm³/mol. The van der Waals surface area contributed by atoms with Gasteiger partial charge in [-0.3, -0.25) is 5.32 Å². The zero-order valence-electron chi connectivity index (χ0n) is 9.01. The lowest BCUT2D eigenvalue weighted by atomic mass is 10.2. The fraction of sp³-hybridized carbons (Fsp3) is 0.778. The number of carbonyl (C=O) groups excluding carboxylic acids is 2. The zero-order valence-corrected chi connectivity index (χ0v) is 9.01. The van der Waals surface area contributed by atoms with Crippen LogP contribution in [0.3, 0.4) is 0 Å². The Morgan fingerprint density at radius 3 is 1.43 bits per heavy atom. The fourth-order valence-corrected chi connectivity index (χ4v) is 0.798. The lowest BCUT2D eigenvalue weighted by Crippen LogP contribution is -2.38. The molecule has 0 aromatic rings. The third-order valence-electron chi connectivity index (χ3n) is 1.45. The van der Waals surface area contributed by atoms with Crippen LogP contribution in [0.5, 0.6) is 0 Å². The van der Waals surface area contributed by atoms with Crippen molar-refractivity contribution < 1.29 is 9.59 Å². The van der Waals surface area contributed by atoms with Crippen LogP contribution in [0.2, 0.25) is 0 Å². The molecule has 84 valence electrons.